The van der Waals surface area contributed by atoms with Crippen LogP contribution in [-0.4, -0.2) is 14.9 Å². The molecule has 1 atom stereocenters. The van der Waals surface area contributed by atoms with Gasteiger partial charge in [-0.15, -0.1) is 0 Å². The molecule has 0 saturated carbocycles. The molecule has 2 heterocycles. The predicted octanol–water partition coefficient (Wildman–Crippen LogP) is 4.69. The quantitative estimate of drug-likeness (QED) is 0.527. The van der Waals surface area contributed by atoms with Gasteiger partial charge in [-0.2, -0.15) is 10.4 Å². The SMILES string of the molecule is Cc1nn(Cc2ccccc2)c2c1[C@@H](c1cc(Br)cc(Br)c1O)C(C#N)=C(N)O2. The first kappa shape index (κ1) is 19.6. The number of ether oxygens (including phenoxy) is 1. The number of benzene rings is 2. The zero-order chi connectivity index (χ0) is 20.7. The van der Waals surface area contributed by atoms with Crippen LogP contribution in [0.1, 0.15) is 28.3 Å². The Morgan fingerprint density at radius 3 is 2.69 bits per heavy atom. The number of nitrogens with two attached hydrogens (primary N) is 1. The third-order valence-corrected chi connectivity index (χ3v) is 5.90. The Balaban J connectivity index is 1.92. The van der Waals surface area contributed by atoms with Gasteiger partial charge in [-0.25, -0.2) is 4.68 Å². The van der Waals surface area contributed by atoms with E-state index in [0.29, 0.717) is 33.7 Å². The Morgan fingerprint density at radius 2 is 2.00 bits per heavy atom. The Bertz CT molecular complexity index is 1180. The number of rotatable bonds is 3. The van der Waals surface area contributed by atoms with E-state index < -0.39 is 5.92 Å². The molecule has 3 aromatic rings. The second-order valence-corrected chi connectivity index (χ2v) is 8.47. The Kier molecular flexibility index (Phi) is 5.11. The van der Waals surface area contributed by atoms with Crippen LogP contribution in [0.4, 0.5) is 0 Å². The van der Waals surface area contributed by atoms with E-state index in [1.807, 2.05) is 37.3 Å². The van der Waals surface area contributed by atoms with Crippen molar-refractivity contribution in [1.29, 1.82) is 5.26 Å². The highest BCUT2D eigenvalue weighted by Gasteiger charge is 2.37. The molecule has 29 heavy (non-hydrogen) atoms. The number of aromatic hydroxyl groups is 1. The fraction of sp³-hybridized carbons (Fsp3) is 0.143. The van der Waals surface area contributed by atoms with Crippen LogP contribution >= 0.6 is 31.9 Å². The summed E-state index contributed by atoms with van der Waals surface area (Å²) < 4.78 is 8.85. The number of hydrogen-bond donors (Lipinski definition) is 2. The monoisotopic (exact) mass is 514 g/mol. The number of aromatic nitrogens is 2. The molecule has 0 unspecified atom stereocenters. The first-order chi connectivity index (χ1) is 13.9. The molecule has 1 aliphatic rings. The van der Waals surface area contributed by atoms with Gasteiger partial charge >= 0.3 is 0 Å². The molecular weight excluding hydrogens is 500 g/mol. The van der Waals surface area contributed by atoms with Gasteiger partial charge in [0.25, 0.3) is 0 Å². The van der Waals surface area contributed by atoms with Gasteiger partial charge in [-0.1, -0.05) is 46.3 Å². The first-order valence-corrected chi connectivity index (χ1v) is 10.4. The summed E-state index contributed by atoms with van der Waals surface area (Å²) in [7, 11) is 0. The van der Waals surface area contributed by atoms with Crippen LogP contribution in [0.15, 0.2) is 62.9 Å². The molecule has 146 valence electrons. The maximum Gasteiger partial charge on any atom is 0.224 e. The maximum atomic E-state index is 10.7. The van der Waals surface area contributed by atoms with Crippen LogP contribution in [-0.2, 0) is 6.54 Å². The van der Waals surface area contributed by atoms with E-state index in [-0.39, 0.29) is 17.2 Å². The van der Waals surface area contributed by atoms with E-state index in [4.69, 9.17) is 10.5 Å². The standard InChI is InChI=1S/C21H16Br2N4O2/c1-11-17-18(14-7-13(22)8-16(23)19(14)28)15(9-24)20(25)29-21(17)27(26-11)10-12-5-3-2-4-6-12/h2-8,18,28H,10,25H2,1H3/t18-/m0/s1. The van der Waals surface area contributed by atoms with Crippen molar-refractivity contribution in [2.24, 2.45) is 5.73 Å². The van der Waals surface area contributed by atoms with Gasteiger partial charge in [-0.3, -0.25) is 0 Å². The lowest BCUT2D eigenvalue weighted by atomic mass is 9.83. The zero-order valence-corrected chi connectivity index (χ0v) is 18.5. The molecule has 0 radical (unpaired) electrons. The van der Waals surface area contributed by atoms with Gasteiger partial charge in [0.05, 0.1) is 28.2 Å². The van der Waals surface area contributed by atoms with Crippen molar-refractivity contribution in [3.8, 4) is 17.7 Å². The molecule has 2 aromatic carbocycles. The lowest BCUT2D eigenvalue weighted by Gasteiger charge is -2.26. The maximum absolute atomic E-state index is 10.7. The number of nitrogens with zero attached hydrogens (tertiary/aromatic N) is 3. The van der Waals surface area contributed by atoms with Crippen LogP contribution in [0.5, 0.6) is 11.6 Å². The van der Waals surface area contributed by atoms with Gasteiger partial charge in [0, 0.05) is 10.0 Å². The minimum atomic E-state index is -0.595. The normalized spacial score (nSPS) is 15.6. The summed E-state index contributed by atoms with van der Waals surface area (Å²) >= 11 is 6.82. The summed E-state index contributed by atoms with van der Waals surface area (Å²) in [5, 5.41) is 25.1. The smallest absolute Gasteiger partial charge is 0.224 e. The molecule has 8 heteroatoms. The second-order valence-electron chi connectivity index (χ2n) is 6.70. The molecular formula is C21H16Br2N4O2. The van der Waals surface area contributed by atoms with Crippen molar-refractivity contribution in [1.82, 2.24) is 9.78 Å². The summed E-state index contributed by atoms with van der Waals surface area (Å²) in [6.45, 7) is 2.35. The van der Waals surface area contributed by atoms with Gasteiger partial charge in [0.2, 0.25) is 11.8 Å². The summed E-state index contributed by atoms with van der Waals surface area (Å²) in [5.74, 6) is -0.0676. The number of phenolic OH excluding ortho intramolecular Hbond substituents is 1. The minimum absolute atomic E-state index is 0.00899. The highest BCUT2D eigenvalue weighted by molar-refractivity contribution is 9.11. The van der Waals surface area contributed by atoms with E-state index in [1.165, 1.54) is 0 Å². The number of allylic oxidation sites excluding steroid dienone is 1. The topological polar surface area (TPSA) is 97.1 Å². The lowest BCUT2D eigenvalue weighted by molar-refractivity contribution is 0.351. The van der Waals surface area contributed by atoms with E-state index in [0.717, 1.165) is 10.0 Å². The van der Waals surface area contributed by atoms with Crippen LogP contribution in [0.3, 0.4) is 0 Å². The molecule has 1 aliphatic heterocycles. The third-order valence-electron chi connectivity index (χ3n) is 4.84. The molecule has 1 aromatic heterocycles. The molecule has 3 N–H and O–H groups in total. The van der Waals surface area contributed by atoms with E-state index in [2.05, 4.69) is 43.0 Å². The van der Waals surface area contributed by atoms with E-state index in [9.17, 15) is 10.4 Å². The molecule has 0 spiro atoms. The second kappa shape index (κ2) is 7.58. The molecule has 0 amide bonds. The van der Waals surface area contributed by atoms with Gasteiger partial charge < -0.3 is 15.6 Å². The van der Waals surface area contributed by atoms with Crippen LogP contribution in [0, 0.1) is 18.3 Å². The molecule has 0 fully saturated rings. The number of hydrogen-bond acceptors (Lipinski definition) is 5. The largest absolute Gasteiger partial charge is 0.506 e. The summed E-state index contributed by atoms with van der Waals surface area (Å²) in [6.07, 6.45) is 0. The fourth-order valence-corrected chi connectivity index (χ4v) is 4.82. The summed E-state index contributed by atoms with van der Waals surface area (Å²) in [5.41, 5.74) is 9.37. The number of halogens is 2. The van der Waals surface area contributed by atoms with Crippen molar-refractivity contribution >= 4 is 31.9 Å². The molecule has 0 aliphatic carbocycles. The average molecular weight is 516 g/mol. The molecule has 0 saturated heterocycles. The Morgan fingerprint density at radius 1 is 1.28 bits per heavy atom. The van der Waals surface area contributed by atoms with Gasteiger partial charge in [0.1, 0.15) is 17.4 Å². The first-order valence-electron chi connectivity index (χ1n) is 8.77. The lowest BCUT2D eigenvalue weighted by Crippen LogP contribution is -2.22. The van der Waals surface area contributed by atoms with E-state index >= 15 is 0 Å². The zero-order valence-electron chi connectivity index (χ0n) is 15.4. The highest BCUT2D eigenvalue weighted by atomic mass is 79.9. The third kappa shape index (κ3) is 3.41. The number of phenols is 1. The molecule has 6 nitrogen and oxygen atoms in total. The van der Waals surface area contributed by atoms with Crippen molar-refractivity contribution < 1.29 is 9.84 Å². The summed E-state index contributed by atoms with van der Waals surface area (Å²) in [4.78, 5) is 0. The highest BCUT2D eigenvalue weighted by Crippen LogP contribution is 2.48. The number of aryl methyl sites for hydroxylation is 1. The Hall–Kier alpha value is -2.76. The van der Waals surface area contributed by atoms with E-state index in [1.54, 1.807) is 16.8 Å². The van der Waals surface area contributed by atoms with Gasteiger partial charge in [0.15, 0.2) is 0 Å². The van der Waals surface area contributed by atoms with Crippen molar-refractivity contribution in [3.05, 3.63) is 85.3 Å². The van der Waals surface area contributed by atoms with Crippen LogP contribution in [0.25, 0.3) is 0 Å². The fourth-order valence-electron chi connectivity index (χ4n) is 3.56. The van der Waals surface area contributed by atoms with Crippen molar-refractivity contribution in [2.75, 3.05) is 0 Å². The van der Waals surface area contributed by atoms with Crippen molar-refractivity contribution in [2.45, 2.75) is 19.4 Å². The number of nitriles is 1. The predicted molar refractivity (Wildman–Crippen MR) is 115 cm³/mol. The Labute approximate surface area is 184 Å². The van der Waals surface area contributed by atoms with Crippen LogP contribution in [0.2, 0.25) is 0 Å². The average Bonchev–Trinajstić information content (AvgIpc) is 2.99. The van der Waals surface area contributed by atoms with Crippen LogP contribution < -0.4 is 10.5 Å². The molecule has 4 rings (SSSR count). The molecule has 0 bridgehead atoms. The minimum Gasteiger partial charge on any atom is -0.506 e. The van der Waals surface area contributed by atoms with Gasteiger partial charge in [-0.05, 0) is 40.5 Å². The number of fused-ring (bicyclic) bond motifs is 1. The summed E-state index contributed by atoms with van der Waals surface area (Å²) in [6, 6.07) is 15.5. The van der Waals surface area contributed by atoms with Crippen molar-refractivity contribution in [3.63, 3.8) is 0 Å².